The molecule has 7 aliphatic rings. The Labute approximate surface area is 344 Å². The molecule has 6 fully saturated rings. The average Bonchev–Trinajstić information content (AvgIpc) is 3.17. The Bertz CT molecular complexity index is 1780. The van der Waals surface area contributed by atoms with Gasteiger partial charge in [0.15, 0.2) is 12.1 Å². The highest BCUT2D eigenvalue weighted by Gasteiger charge is 2.70. The lowest BCUT2D eigenvalue weighted by Crippen LogP contribution is -2.67. The number of piperazine rings is 1. The number of amides is 1. The van der Waals surface area contributed by atoms with Crippen LogP contribution in [0.5, 0.6) is 0 Å². The number of nitrogens with zero attached hydrogens (tertiary/aromatic N) is 2. The molecule has 2 heterocycles. The van der Waals surface area contributed by atoms with Crippen molar-refractivity contribution in [3.05, 3.63) is 40.9 Å². The summed E-state index contributed by atoms with van der Waals surface area (Å²) in [5, 5.41) is 42.2. The van der Waals surface area contributed by atoms with Gasteiger partial charge in [-0.05, 0) is 115 Å². The standard InChI is InChI=1S/C46H67ClN2O8/c1-41(2)33-12-15-46(7)38(44(33,5)14-13-34(41)57-39-37(54)36(53)35(52)32(26-50)56-39)31(51)24-27-28-25-43(4,17-16-42(28,3)18-19-45(27,46)6)40(55)49-22-20-48(21-23-49)30-11-9-8-10-29(30)47/h8-11,24,28,32-39,50,52-54H,12-23,25-26H2,1-7H3/t28-,32+,33-,34-,35+,36-,37+,38+,39-,42+,43-,44-,45+,46+/m0/s1. The zero-order valence-electron chi connectivity index (χ0n) is 35.2. The first-order chi connectivity index (χ1) is 26.7. The molecule has 2 saturated heterocycles. The van der Waals surface area contributed by atoms with E-state index in [1.807, 2.05) is 18.2 Å². The van der Waals surface area contributed by atoms with Crippen molar-refractivity contribution in [3.8, 4) is 0 Å². The number of fused-ring (bicyclic) bond motifs is 7. The predicted octanol–water partition coefficient (Wildman–Crippen LogP) is 6.15. The summed E-state index contributed by atoms with van der Waals surface area (Å²) in [7, 11) is 0. The molecule has 4 saturated carbocycles. The van der Waals surface area contributed by atoms with Gasteiger partial charge in [0.2, 0.25) is 5.91 Å². The summed E-state index contributed by atoms with van der Waals surface area (Å²) in [5.74, 6) is 0.632. The van der Waals surface area contributed by atoms with E-state index in [1.165, 1.54) is 5.57 Å². The highest BCUT2D eigenvalue weighted by molar-refractivity contribution is 6.33. The number of anilines is 1. The van der Waals surface area contributed by atoms with Crippen LogP contribution >= 0.6 is 11.6 Å². The molecule has 0 bridgehead atoms. The SMILES string of the molecule is CC1(C)[C@@H](O[C@@H]2O[C@H](CO)[C@@H](O)[C@H](O)[C@H]2O)CC[C@]2(C)[C@H]3C(=O)C=C4[C@@H]5C[C@@](C)(C(=O)N6CCN(c7ccccc7Cl)CC6)CC[C@]5(C)CC[C@@]4(C)[C@]3(C)CC[C@@H]12. The van der Waals surface area contributed by atoms with Crippen molar-refractivity contribution in [2.45, 2.75) is 143 Å². The number of ketones is 1. The summed E-state index contributed by atoms with van der Waals surface area (Å²) >= 11 is 6.53. The average molecular weight is 812 g/mol. The van der Waals surface area contributed by atoms with Crippen LogP contribution in [0, 0.1) is 50.2 Å². The van der Waals surface area contributed by atoms with Gasteiger partial charge in [0.05, 0.1) is 23.4 Å². The van der Waals surface area contributed by atoms with E-state index in [0.717, 1.165) is 75.2 Å². The number of halogens is 1. The monoisotopic (exact) mass is 810 g/mol. The molecule has 5 aliphatic carbocycles. The quantitative estimate of drug-likeness (QED) is 0.258. The van der Waals surface area contributed by atoms with Gasteiger partial charge in [0.1, 0.15) is 24.4 Å². The minimum Gasteiger partial charge on any atom is -0.394 e. The topological polar surface area (TPSA) is 140 Å². The van der Waals surface area contributed by atoms with E-state index < -0.39 is 48.1 Å². The number of carbonyl (C=O) groups excluding carboxylic acids is 2. The fraction of sp³-hybridized carbons (Fsp3) is 0.783. The van der Waals surface area contributed by atoms with Gasteiger partial charge in [-0.15, -0.1) is 0 Å². The molecular formula is C46H67ClN2O8. The smallest absolute Gasteiger partial charge is 0.228 e. The Morgan fingerprint density at radius 2 is 1.56 bits per heavy atom. The largest absolute Gasteiger partial charge is 0.394 e. The number of aliphatic hydroxyl groups is 4. The van der Waals surface area contributed by atoms with Gasteiger partial charge in [-0.3, -0.25) is 9.59 Å². The maximum atomic E-state index is 15.0. The third kappa shape index (κ3) is 6.22. The summed E-state index contributed by atoms with van der Waals surface area (Å²) in [6.07, 6.45) is 3.12. The highest BCUT2D eigenvalue weighted by atomic mass is 35.5. The molecule has 1 amide bonds. The molecule has 1 aromatic rings. The lowest BCUT2D eigenvalue weighted by molar-refractivity contribution is -0.329. The van der Waals surface area contributed by atoms with Crippen molar-refractivity contribution in [2.24, 2.45) is 50.2 Å². The summed E-state index contributed by atoms with van der Waals surface area (Å²) in [6, 6.07) is 7.92. The third-order valence-electron chi connectivity index (χ3n) is 17.9. The van der Waals surface area contributed by atoms with Crippen molar-refractivity contribution in [3.63, 3.8) is 0 Å². The molecule has 0 aromatic heterocycles. The normalized spacial score (nSPS) is 46.9. The van der Waals surface area contributed by atoms with Crippen LogP contribution in [0.4, 0.5) is 5.69 Å². The van der Waals surface area contributed by atoms with Gasteiger partial charge in [-0.2, -0.15) is 0 Å². The Morgan fingerprint density at radius 3 is 2.25 bits per heavy atom. The van der Waals surface area contributed by atoms with E-state index >= 15 is 4.79 Å². The molecule has 1 aromatic carbocycles. The van der Waals surface area contributed by atoms with E-state index in [-0.39, 0.29) is 57.2 Å². The van der Waals surface area contributed by atoms with Crippen LogP contribution < -0.4 is 4.90 Å². The van der Waals surface area contributed by atoms with Gasteiger partial charge in [0.25, 0.3) is 0 Å². The van der Waals surface area contributed by atoms with E-state index in [9.17, 15) is 25.2 Å². The molecule has 57 heavy (non-hydrogen) atoms. The van der Waals surface area contributed by atoms with Crippen molar-refractivity contribution in [1.29, 1.82) is 0 Å². The second-order valence-corrected chi connectivity index (χ2v) is 21.6. The molecule has 8 rings (SSSR count). The molecule has 0 unspecified atom stereocenters. The number of aliphatic hydroxyl groups excluding tert-OH is 4. The molecule has 4 N–H and O–H groups in total. The number of hydrogen-bond acceptors (Lipinski definition) is 9. The van der Waals surface area contributed by atoms with Crippen LogP contribution in [-0.4, -0.2) is 107 Å². The first kappa shape index (κ1) is 41.7. The van der Waals surface area contributed by atoms with Crippen LogP contribution in [0.25, 0.3) is 0 Å². The van der Waals surface area contributed by atoms with Crippen LogP contribution in [0.15, 0.2) is 35.9 Å². The zero-order chi connectivity index (χ0) is 41.1. The van der Waals surface area contributed by atoms with Gasteiger partial charge in [-0.1, -0.05) is 77.8 Å². The van der Waals surface area contributed by atoms with Crippen molar-refractivity contribution >= 4 is 29.0 Å². The number of carbonyl (C=O) groups is 2. The van der Waals surface area contributed by atoms with Crippen molar-refractivity contribution < 1.29 is 39.5 Å². The second-order valence-electron chi connectivity index (χ2n) is 21.2. The maximum absolute atomic E-state index is 15.0. The Morgan fingerprint density at radius 1 is 0.877 bits per heavy atom. The molecule has 2 aliphatic heterocycles. The van der Waals surface area contributed by atoms with E-state index in [1.54, 1.807) is 0 Å². The zero-order valence-corrected chi connectivity index (χ0v) is 35.9. The Kier molecular flexibility index (Phi) is 10.4. The summed E-state index contributed by atoms with van der Waals surface area (Å²) in [6.45, 7) is 18.5. The highest BCUT2D eigenvalue weighted by Crippen LogP contribution is 2.75. The molecule has 0 spiro atoms. The third-order valence-corrected chi connectivity index (χ3v) is 18.3. The van der Waals surface area contributed by atoms with Crippen LogP contribution in [0.1, 0.15) is 106 Å². The Balaban J connectivity index is 1.03. The molecule has 11 heteroatoms. The fourth-order valence-corrected chi connectivity index (χ4v) is 14.4. The van der Waals surface area contributed by atoms with Gasteiger partial charge in [0, 0.05) is 37.5 Å². The fourth-order valence-electron chi connectivity index (χ4n) is 14.2. The first-order valence-electron chi connectivity index (χ1n) is 21.7. The number of benzene rings is 1. The van der Waals surface area contributed by atoms with Crippen molar-refractivity contribution in [2.75, 3.05) is 37.7 Å². The van der Waals surface area contributed by atoms with Crippen LogP contribution in [0.2, 0.25) is 5.02 Å². The Hall–Kier alpha value is -2.05. The summed E-state index contributed by atoms with van der Waals surface area (Å²) in [5.41, 5.74) is 0.737. The molecular weight excluding hydrogens is 744 g/mol. The maximum Gasteiger partial charge on any atom is 0.228 e. The van der Waals surface area contributed by atoms with E-state index in [0.29, 0.717) is 19.5 Å². The number of rotatable bonds is 5. The molecule has 316 valence electrons. The molecule has 10 nitrogen and oxygen atoms in total. The van der Waals surface area contributed by atoms with Crippen LogP contribution in [0.3, 0.4) is 0 Å². The lowest BCUT2D eigenvalue weighted by Gasteiger charge is -2.70. The summed E-state index contributed by atoms with van der Waals surface area (Å²) < 4.78 is 12.3. The van der Waals surface area contributed by atoms with E-state index in [4.69, 9.17) is 21.1 Å². The van der Waals surface area contributed by atoms with Gasteiger partial charge in [-0.25, -0.2) is 0 Å². The summed E-state index contributed by atoms with van der Waals surface area (Å²) in [4.78, 5) is 34.0. The van der Waals surface area contributed by atoms with Crippen LogP contribution in [-0.2, 0) is 19.1 Å². The number of allylic oxidation sites excluding steroid dienone is 2. The first-order valence-corrected chi connectivity index (χ1v) is 22.1. The minimum atomic E-state index is -1.50. The van der Waals surface area contributed by atoms with Crippen molar-refractivity contribution in [1.82, 2.24) is 4.90 Å². The van der Waals surface area contributed by atoms with Gasteiger partial charge >= 0.3 is 0 Å². The molecule has 14 atom stereocenters. The number of para-hydroxylation sites is 1. The predicted molar refractivity (Wildman–Crippen MR) is 218 cm³/mol. The minimum absolute atomic E-state index is 0.0419. The lowest BCUT2D eigenvalue weighted by atomic mass is 9.33. The second kappa shape index (κ2) is 14.3. The number of ether oxygens (including phenoxy) is 2. The van der Waals surface area contributed by atoms with E-state index in [2.05, 4.69) is 70.4 Å². The molecule has 0 radical (unpaired) electrons. The van der Waals surface area contributed by atoms with Gasteiger partial charge < -0.3 is 39.7 Å². The number of hydrogen-bond donors (Lipinski definition) is 4.